The Balaban J connectivity index is 1.12. The number of ether oxygens (including phenoxy) is 4. The fraction of sp³-hybridized carbons (Fsp3) is 0.280. The van der Waals surface area contributed by atoms with E-state index in [-0.39, 0.29) is 6.10 Å². The molecule has 0 aliphatic heterocycles. The van der Waals surface area contributed by atoms with Gasteiger partial charge in [-0.2, -0.15) is 0 Å². The maximum Gasteiger partial charge on any atom is 0.145 e. The van der Waals surface area contributed by atoms with E-state index in [2.05, 4.69) is 9.97 Å². The first-order valence-corrected chi connectivity index (χ1v) is 10.4. The molecule has 1 unspecified atom stereocenters. The SMILES string of the molecule is CC(COCCOc1cccc2cccnc12)OCCOc1cccc2cccnc12. The van der Waals surface area contributed by atoms with Gasteiger partial charge in [-0.15, -0.1) is 0 Å². The minimum Gasteiger partial charge on any atom is -0.489 e. The maximum absolute atomic E-state index is 5.84. The van der Waals surface area contributed by atoms with Crippen LogP contribution in [-0.2, 0) is 9.47 Å². The third-order valence-electron chi connectivity index (χ3n) is 4.77. The Bertz CT molecular complexity index is 1110. The Morgan fingerprint density at radius 2 is 1.23 bits per heavy atom. The normalized spacial score (nSPS) is 12.2. The van der Waals surface area contributed by atoms with Gasteiger partial charge in [0.05, 0.1) is 25.9 Å². The van der Waals surface area contributed by atoms with Crippen LogP contribution in [0.15, 0.2) is 73.1 Å². The minimum absolute atomic E-state index is 0.0338. The van der Waals surface area contributed by atoms with Crippen molar-refractivity contribution in [3.05, 3.63) is 73.1 Å². The lowest BCUT2D eigenvalue weighted by atomic mass is 10.2. The van der Waals surface area contributed by atoms with Gasteiger partial charge in [0.2, 0.25) is 0 Å². The maximum atomic E-state index is 5.84. The van der Waals surface area contributed by atoms with Crippen molar-refractivity contribution in [2.75, 3.05) is 33.0 Å². The van der Waals surface area contributed by atoms with Crippen molar-refractivity contribution in [1.82, 2.24) is 9.97 Å². The average molecular weight is 418 g/mol. The fourth-order valence-electron chi connectivity index (χ4n) is 3.29. The van der Waals surface area contributed by atoms with E-state index in [0.717, 1.165) is 33.3 Å². The number of pyridine rings is 2. The zero-order chi connectivity index (χ0) is 21.3. The lowest BCUT2D eigenvalue weighted by Gasteiger charge is -2.15. The van der Waals surface area contributed by atoms with Crippen molar-refractivity contribution < 1.29 is 18.9 Å². The van der Waals surface area contributed by atoms with Crippen LogP contribution in [0.5, 0.6) is 11.5 Å². The monoisotopic (exact) mass is 418 g/mol. The Labute approximate surface area is 181 Å². The summed E-state index contributed by atoms with van der Waals surface area (Å²) in [6.07, 6.45) is 3.50. The number of rotatable bonds is 11. The van der Waals surface area contributed by atoms with Gasteiger partial charge in [0.25, 0.3) is 0 Å². The molecule has 0 N–H and O–H groups in total. The Morgan fingerprint density at radius 1 is 0.677 bits per heavy atom. The first kappa shape index (κ1) is 21.0. The molecule has 0 saturated carbocycles. The zero-order valence-electron chi connectivity index (χ0n) is 17.6. The standard InChI is InChI=1S/C25H26N2O4/c1-19(29-16-17-31-23-11-3-7-21-9-5-13-27-25(21)23)18-28-14-15-30-22-10-2-6-20-8-4-12-26-24(20)22/h2-13,19H,14-18H2,1H3. The van der Waals surface area contributed by atoms with Crippen LogP contribution in [0.25, 0.3) is 21.8 Å². The molecule has 4 aromatic rings. The summed E-state index contributed by atoms with van der Waals surface area (Å²) in [6.45, 7) is 4.35. The highest BCUT2D eigenvalue weighted by Gasteiger charge is 2.06. The van der Waals surface area contributed by atoms with Crippen LogP contribution < -0.4 is 9.47 Å². The van der Waals surface area contributed by atoms with E-state index in [1.807, 2.05) is 67.6 Å². The molecule has 2 heterocycles. The fourth-order valence-corrected chi connectivity index (χ4v) is 3.29. The number of aromatic nitrogens is 2. The summed E-state index contributed by atoms with van der Waals surface area (Å²) < 4.78 is 23.1. The molecule has 1 atom stereocenters. The second kappa shape index (κ2) is 10.7. The second-order valence-corrected chi connectivity index (χ2v) is 7.12. The first-order chi connectivity index (χ1) is 15.3. The predicted molar refractivity (Wildman–Crippen MR) is 121 cm³/mol. The largest absolute Gasteiger partial charge is 0.489 e. The average Bonchev–Trinajstić information content (AvgIpc) is 2.82. The number of hydrogen-bond acceptors (Lipinski definition) is 6. The molecule has 0 spiro atoms. The number of para-hydroxylation sites is 2. The predicted octanol–water partition coefficient (Wildman–Crippen LogP) is 4.66. The summed E-state index contributed by atoms with van der Waals surface area (Å²) in [5, 5.41) is 2.12. The quantitative estimate of drug-likeness (QED) is 0.330. The van der Waals surface area contributed by atoms with Crippen molar-refractivity contribution in [3.63, 3.8) is 0 Å². The van der Waals surface area contributed by atoms with Crippen molar-refractivity contribution >= 4 is 21.8 Å². The van der Waals surface area contributed by atoms with Crippen LogP contribution in [0.2, 0.25) is 0 Å². The molecule has 0 radical (unpaired) electrons. The molecule has 31 heavy (non-hydrogen) atoms. The third-order valence-corrected chi connectivity index (χ3v) is 4.77. The van der Waals surface area contributed by atoms with E-state index < -0.39 is 0 Å². The van der Waals surface area contributed by atoms with Gasteiger partial charge < -0.3 is 18.9 Å². The van der Waals surface area contributed by atoms with Gasteiger partial charge >= 0.3 is 0 Å². The number of fused-ring (bicyclic) bond motifs is 2. The van der Waals surface area contributed by atoms with Crippen molar-refractivity contribution in [2.45, 2.75) is 13.0 Å². The van der Waals surface area contributed by atoms with Gasteiger partial charge in [0.1, 0.15) is 35.7 Å². The zero-order valence-corrected chi connectivity index (χ0v) is 17.6. The topological polar surface area (TPSA) is 62.7 Å². The van der Waals surface area contributed by atoms with Crippen molar-refractivity contribution in [3.8, 4) is 11.5 Å². The molecule has 6 heteroatoms. The van der Waals surface area contributed by atoms with Crippen molar-refractivity contribution in [1.29, 1.82) is 0 Å². The number of nitrogens with zero attached hydrogens (tertiary/aromatic N) is 2. The highest BCUT2D eigenvalue weighted by atomic mass is 16.6. The molecule has 0 aliphatic carbocycles. The van der Waals surface area contributed by atoms with Crippen LogP contribution in [0, 0.1) is 0 Å². The molecule has 2 aromatic heterocycles. The Morgan fingerprint density at radius 3 is 1.84 bits per heavy atom. The molecule has 6 nitrogen and oxygen atoms in total. The smallest absolute Gasteiger partial charge is 0.145 e. The van der Waals surface area contributed by atoms with Gasteiger partial charge in [0, 0.05) is 23.2 Å². The highest BCUT2D eigenvalue weighted by molar-refractivity contribution is 5.84. The van der Waals surface area contributed by atoms with Crippen LogP contribution in [0.3, 0.4) is 0 Å². The first-order valence-electron chi connectivity index (χ1n) is 10.4. The van der Waals surface area contributed by atoms with Crippen LogP contribution in [0.1, 0.15) is 6.92 Å². The van der Waals surface area contributed by atoms with E-state index in [0.29, 0.717) is 33.0 Å². The molecule has 0 saturated heterocycles. The van der Waals surface area contributed by atoms with E-state index in [1.165, 1.54) is 0 Å². The molecule has 160 valence electrons. The highest BCUT2D eigenvalue weighted by Crippen LogP contribution is 2.23. The van der Waals surface area contributed by atoms with Gasteiger partial charge in [-0.1, -0.05) is 36.4 Å². The molecule has 2 aromatic carbocycles. The van der Waals surface area contributed by atoms with E-state index in [1.54, 1.807) is 12.4 Å². The minimum atomic E-state index is -0.0338. The van der Waals surface area contributed by atoms with Crippen LogP contribution in [-0.4, -0.2) is 49.1 Å². The van der Waals surface area contributed by atoms with E-state index in [4.69, 9.17) is 18.9 Å². The molecule has 4 rings (SSSR count). The summed E-state index contributed by atoms with van der Waals surface area (Å²) >= 11 is 0. The third kappa shape index (κ3) is 5.69. The number of benzene rings is 2. The lowest BCUT2D eigenvalue weighted by molar-refractivity contribution is -0.0206. The lowest BCUT2D eigenvalue weighted by Crippen LogP contribution is -2.21. The van der Waals surface area contributed by atoms with E-state index in [9.17, 15) is 0 Å². The van der Waals surface area contributed by atoms with Gasteiger partial charge in [-0.3, -0.25) is 9.97 Å². The molecule has 0 amide bonds. The Hall–Kier alpha value is -3.22. The summed E-state index contributed by atoms with van der Waals surface area (Å²) in [4.78, 5) is 8.78. The van der Waals surface area contributed by atoms with Gasteiger partial charge in [-0.05, 0) is 31.2 Å². The van der Waals surface area contributed by atoms with Crippen LogP contribution >= 0.6 is 0 Å². The summed E-state index contributed by atoms with van der Waals surface area (Å²) in [5.41, 5.74) is 1.73. The second-order valence-electron chi connectivity index (χ2n) is 7.12. The van der Waals surface area contributed by atoms with Crippen molar-refractivity contribution in [2.24, 2.45) is 0 Å². The molecule has 0 aliphatic rings. The van der Waals surface area contributed by atoms with E-state index >= 15 is 0 Å². The summed E-state index contributed by atoms with van der Waals surface area (Å²) in [6, 6.07) is 19.7. The van der Waals surface area contributed by atoms with Gasteiger partial charge in [0.15, 0.2) is 0 Å². The van der Waals surface area contributed by atoms with Gasteiger partial charge in [-0.25, -0.2) is 0 Å². The van der Waals surface area contributed by atoms with Crippen LogP contribution in [0.4, 0.5) is 0 Å². The summed E-state index contributed by atoms with van der Waals surface area (Å²) in [7, 11) is 0. The molecular weight excluding hydrogens is 392 g/mol. The molecule has 0 bridgehead atoms. The number of hydrogen-bond donors (Lipinski definition) is 0. The molecule has 0 fully saturated rings. The Kier molecular flexibility index (Phi) is 7.26. The summed E-state index contributed by atoms with van der Waals surface area (Å²) in [5.74, 6) is 1.54. The molecular formula is C25H26N2O4.